The van der Waals surface area contributed by atoms with E-state index in [1.807, 2.05) is 0 Å². The lowest BCUT2D eigenvalue weighted by molar-refractivity contribution is -0.149. The number of hydrogen-bond donors (Lipinski definition) is 2. The molecule has 0 aliphatic carbocycles. The van der Waals surface area contributed by atoms with Crippen LogP contribution < -0.4 is 11.1 Å². The quantitative estimate of drug-likeness (QED) is 0.812. The third-order valence-electron chi connectivity index (χ3n) is 2.99. The number of hydrogen-bond acceptors (Lipinski definition) is 4. The summed E-state index contributed by atoms with van der Waals surface area (Å²) in [6.07, 6.45) is -4.53. The number of nitrogens with one attached hydrogen (secondary N) is 1. The number of halogens is 4. The molecule has 23 heavy (non-hydrogen) atoms. The van der Waals surface area contributed by atoms with E-state index in [9.17, 15) is 22.8 Å². The molecule has 0 fully saturated rings. The molecule has 1 unspecified atom stereocenters. The Morgan fingerprint density at radius 3 is 2.30 bits per heavy atom. The highest BCUT2D eigenvalue weighted by molar-refractivity contribution is 5.90. The smallest absolute Gasteiger partial charge is 0.416 e. The summed E-state index contributed by atoms with van der Waals surface area (Å²) >= 11 is 0. The zero-order chi connectivity index (χ0) is 17.1. The van der Waals surface area contributed by atoms with Gasteiger partial charge in [0.1, 0.15) is 11.6 Å². The molecule has 1 atom stereocenters. The standard InChI is InChI=1S/C14H17F3N2O3.ClH/c1-13(2,12(21)22-3)19-11(20)10(18)8-5-4-6-9(7-8)14(15,16)17;/h4-7,10H,18H2,1-3H3,(H,19,20);1H. The number of carbonyl (C=O) groups excluding carboxylic acids is 2. The zero-order valence-corrected chi connectivity index (χ0v) is 13.5. The fraction of sp³-hybridized carbons (Fsp3) is 0.429. The van der Waals surface area contributed by atoms with Crippen molar-refractivity contribution in [3.8, 4) is 0 Å². The average Bonchev–Trinajstić information content (AvgIpc) is 2.44. The molecule has 0 saturated heterocycles. The van der Waals surface area contributed by atoms with E-state index in [0.717, 1.165) is 25.3 Å². The lowest BCUT2D eigenvalue weighted by Gasteiger charge is -2.25. The molecule has 0 radical (unpaired) electrons. The lowest BCUT2D eigenvalue weighted by Crippen LogP contribution is -2.52. The zero-order valence-electron chi connectivity index (χ0n) is 12.7. The van der Waals surface area contributed by atoms with Gasteiger partial charge in [0.15, 0.2) is 0 Å². The van der Waals surface area contributed by atoms with Gasteiger partial charge < -0.3 is 15.8 Å². The summed E-state index contributed by atoms with van der Waals surface area (Å²) < 4.78 is 42.5. The van der Waals surface area contributed by atoms with Crippen molar-refractivity contribution < 1.29 is 27.5 Å². The first-order valence-electron chi connectivity index (χ1n) is 6.32. The van der Waals surface area contributed by atoms with E-state index in [1.165, 1.54) is 19.9 Å². The number of ether oxygens (including phenoxy) is 1. The van der Waals surface area contributed by atoms with Gasteiger partial charge in [-0.05, 0) is 31.5 Å². The van der Waals surface area contributed by atoms with E-state index >= 15 is 0 Å². The number of esters is 1. The number of carbonyl (C=O) groups is 2. The van der Waals surface area contributed by atoms with Crippen LogP contribution in [-0.4, -0.2) is 24.5 Å². The van der Waals surface area contributed by atoms with Crippen molar-refractivity contribution in [1.82, 2.24) is 5.32 Å². The molecule has 0 bridgehead atoms. The Balaban J connectivity index is 0.00000484. The van der Waals surface area contributed by atoms with E-state index in [2.05, 4.69) is 10.1 Å². The number of amides is 1. The third kappa shape index (κ3) is 5.40. The SMILES string of the molecule is COC(=O)C(C)(C)NC(=O)C(N)c1cccc(C(F)(F)F)c1.Cl. The Bertz CT molecular complexity index is 577. The van der Waals surface area contributed by atoms with Gasteiger partial charge in [0.25, 0.3) is 0 Å². The molecular weight excluding hydrogens is 337 g/mol. The number of benzene rings is 1. The molecule has 0 aliphatic rings. The van der Waals surface area contributed by atoms with Crippen molar-refractivity contribution in [3.63, 3.8) is 0 Å². The van der Waals surface area contributed by atoms with Crippen LogP contribution in [0.4, 0.5) is 13.2 Å². The van der Waals surface area contributed by atoms with Crippen molar-refractivity contribution in [2.24, 2.45) is 5.73 Å². The van der Waals surface area contributed by atoms with Gasteiger partial charge in [0, 0.05) is 0 Å². The van der Waals surface area contributed by atoms with Crippen LogP contribution in [0.15, 0.2) is 24.3 Å². The Hall–Kier alpha value is -1.80. The summed E-state index contributed by atoms with van der Waals surface area (Å²) in [4.78, 5) is 23.5. The monoisotopic (exact) mass is 354 g/mol. The number of methoxy groups -OCH3 is 1. The van der Waals surface area contributed by atoms with E-state index in [-0.39, 0.29) is 18.0 Å². The molecule has 1 rings (SSSR count). The van der Waals surface area contributed by atoms with Crippen LogP contribution in [0.25, 0.3) is 0 Å². The minimum absolute atomic E-state index is 0. The molecule has 0 spiro atoms. The Morgan fingerprint density at radius 2 is 1.83 bits per heavy atom. The van der Waals surface area contributed by atoms with E-state index < -0.39 is 35.2 Å². The van der Waals surface area contributed by atoms with E-state index in [4.69, 9.17) is 5.73 Å². The van der Waals surface area contributed by atoms with Crippen LogP contribution in [0, 0.1) is 0 Å². The maximum atomic E-state index is 12.7. The van der Waals surface area contributed by atoms with Crippen LogP contribution in [0.3, 0.4) is 0 Å². The van der Waals surface area contributed by atoms with Gasteiger partial charge in [-0.2, -0.15) is 13.2 Å². The molecule has 3 N–H and O–H groups in total. The van der Waals surface area contributed by atoms with Gasteiger partial charge in [0.05, 0.1) is 12.7 Å². The van der Waals surface area contributed by atoms with Gasteiger partial charge in [-0.1, -0.05) is 12.1 Å². The fourth-order valence-corrected chi connectivity index (χ4v) is 1.75. The largest absolute Gasteiger partial charge is 0.467 e. The van der Waals surface area contributed by atoms with E-state index in [1.54, 1.807) is 0 Å². The van der Waals surface area contributed by atoms with Crippen LogP contribution in [0.1, 0.15) is 31.0 Å². The summed E-state index contributed by atoms with van der Waals surface area (Å²) in [5.41, 5.74) is 3.42. The van der Waals surface area contributed by atoms with Gasteiger partial charge in [-0.3, -0.25) is 4.79 Å². The second kappa shape index (κ2) is 7.65. The van der Waals surface area contributed by atoms with Crippen molar-refractivity contribution in [2.45, 2.75) is 31.6 Å². The number of alkyl halides is 3. The van der Waals surface area contributed by atoms with E-state index in [0.29, 0.717) is 0 Å². The highest BCUT2D eigenvalue weighted by Crippen LogP contribution is 2.30. The molecular formula is C14H18ClF3N2O3. The topological polar surface area (TPSA) is 81.4 Å². The van der Waals surface area contributed by atoms with Crippen LogP contribution in [0.5, 0.6) is 0 Å². The maximum Gasteiger partial charge on any atom is 0.416 e. The molecule has 1 aromatic carbocycles. The van der Waals surface area contributed by atoms with Gasteiger partial charge in [-0.15, -0.1) is 12.4 Å². The maximum absolute atomic E-state index is 12.7. The highest BCUT2D eigenvalue weighted by atomic mass is 35.5. The summed E-state index contributed by atoms with van der Waals surface area (Å²) in [5, 5.41) is 2.34. The minimum atomic E-state index is -4.53. The molecule has 0 aromatic heterocycles. The summed E-state index contributed by atoms with van der Waals surface area (Å²) in [6.45, 7) is 2.80. The molecule has 130 valence electrons. The van der Waals surface area contributed by atoms with Crippen molar-refractivity contribution in [3.05, 3.63) is 35.4 Å². The summed E-state index contributed by atoms with van der Waals surface area (Å²) in [6, 6.07) is 2.81. The first-order valence-corrected chi connectivity index (χ1v) is 6.32. The average molecular weight is 355 g/mol. The predicted molar refractivity (Wildman–Crippen MR) is 79.9 cm³/mol. The number of nitrogens with two attached hydrogens (primary N) is 1. The molecule has 0 heterocycles. The van der Waals surface area contributed by atoms with Gasteiger partial charge in [-0.25, -0.2) is 4.79 Å². The van der Waals surface area contributed by atoms with Crippen molar-refractivity contribution >= 4 is 24.3 Å². The molecule has 9 heteroatoms. The predicted octanol–water partition coefficient (Wildman–Crippen LogP) is 2.19. The van der Waals surface area contributed by atoms with Crippen LogP contribution in [-0.2, 0) is 20.5 Å². The van der Waals surface area contributed by atoms with Crippen LogP contribution in [0.2, 0.25) is 0 Å². The normalized spacial score (nSPS) is 12.8. The Morgan fingerprint density at radius 1 is 1.26 bits per heavy atom. The Labute approximate surface area is 137 Å². The van der Waals surface area contributed by atoms with Crippen molar-refractivity contribution in [2.75, 3.05) is 7.11 Å². The van der Waals surface area contributed by atoms with Crippen LogP contribution >= 0.6 is 12.4 Å². The molecule has 0 saturated carbocycles. The van der Waals surface area contributed by atoms with Gasteiger partial charge in [0.2, 0.25) is 5.91 Å². The molecule has 5 nitrogen and oxygen atoms in total. The third-order valence-corrected chi connectivity index (χ3v) is 2.99. The molecule has 1 amide bonds. The summed E-state index contributed by atoms with van der Waals surface area (Å²) in [7, 11) is 1.16. The second-order valence-electron chi connectivity index (χ2n) is 5.21. The highest BCUT2D eigenvalue weighted by Gasteiger charge is 2.34. The lowest BCUT2D eigenvalue weighted by atomic mass is 10.0. The number of rotatable bonds is 4. The second-order valence-corrected chi connectivity index (χ2v) is 5.21. The summed E-state index contributed by atoms with van der Waals surface area (Å²) in [5.74, 6) is -1.48. The fourth-order valence-electron chi connectivity index (χ4n) is 1.75. The minimum Gasteiger partial charge on any atom is -0.467 e. The Kier molecular flexibility index (Phi) is 7.05. The van der Waals surface area contributed by atoms with Gasteiger partial charge >= 0.3 is 12.1 Å². The molecule has 1 aromatic rings. The first-order chi connectivity index (χ1) is 9.99. The molecule has 0 aliphatic heterocycles. The first kappa shape index (κ1) is 21.2. The van der Waals surface area contributed by atoms with Crippen molar-refractivity contribution in [1.29, 1.82) is 0 Å².